The molecule has 2 atom stereocenters. The third-order valence-electron chi connectivity index (χ3n) is 4.09. The van der Waals surface area contributed by atoms with E-state index in [0.29, 0.717) is 0 Å². The molecule has 0 saturated carbocycles. The molecule has 2 heterocycles. The number of carbonyl (C=O) groups is 3. The average Bonchev–Trinajstić information content (AvgIpc) is 3.11. The van der Waals surface area contributed by atoms with Crippen LogP contribution in [0.5, 0.6) is 0 Å². The number of carbonyl (C=O) groups excluding carboxylic acids is 2. The second-order valence-corrected chi connectivity index (χ2v) is 5.87. The predicted octanol–water partition coefficient (Wildman–Crippen LogP) is 1.93. The summed E-state index contributed by atoms with van der Waals surface area (Å²) in [5.41, 5.74) is 0.336. The molecule has 1 fully saturated rings. The monoisotopic (exact) mass is 377 g/mol. The lowest BCUT2D eigenvalue weighted by molar-refractivity contribution is -0.187. The number of ether oxygens (including phenoxy) is 1. The standard InChI is InChI=1S/C15H18F3N3O5/c1-3-26-13(24)11-4-8(5-20(11)2)19-14(25)21-6-9(12(22)23)10(7-21)15(16,17)18/h4-5,9-10H,3,6-7H2,1-2H3,(H,19,25)(H,22,23)/t9-,10-/m1/s1. The molecule has 1 aromatic rings. The number of anilines is 1. The molecule has 1 aromatic heterocycles. The average molecular weight is 377 g/mol. The number of esters is 1. The van der Waals surface area contributed by atoms with Crippen LogP contribution in [0, 0.1) is 11.8 Å². The van der Waals surface area contributed by atoms with Gasteiger partial charge >= 0.3 is 24.1 Å². The summed E-state index contributed by atoms with van der Waals surface area (Å²) >= 11 is 0. The van der Waals surface area contributed by atoms with E-state index >= 15 is 0 Å². The largest absolute Gasteiger partial charge is 0.481 e. The Kier molecular flexibility index (Phi) is 5.47. The number of halogens is 3. The van der Waals surface area contributed by atoms with Crippen LogP contribution in [0.4, 0.5) is 23.7 Å². The van der Waals surface area contributed by atoms with E-state index in [1.165, 1.54) is 23.9 Å². The number of carboxylic acid groups (broad SMARTS) is 1. The summed E-state index contributed by atoms with van der Waals surface area (Å²) < 4.78 is 45.2. The van der Waals surface area contributed by atoms with E-state index in [0.717, 1.165) is 4.90 Å². The van der Waals surface area contributed by atoms with Crippen LogP contribution in [0.15, 0.2) is 12.3 Å². The SMILES string of the molecule is CCOC(=O)c1cc(NC(=O)N2C[C@@H](C(F)(F)F)[C@H](C(=O)O)C2)cn1C. The summed E-state index contributed by atoms with van der Waals surface area (Å²) in [5, 5.41) is 11.3. The number of urea groups is 1. The first-order valence-corrected chi connectivity index (χ1v) is 7.73. The molecule has 0 spiro atoms. The van der Waals surface area contributed by atoms with Gasteiger partial charge in [0.15, 0.2) is 0 Å². The highest BCUT2D eigenvalue weighted by atomic mass is 19.4. The lowest BCUT2D eigenvalue weighted by Gasteiger charge is -2.18. The number of aliphatic carboxylic acids is 1. The maximum Gasteiger partial charge on any atom is 0.394 e. The summed E-state index contributed by atoms with van der Waals surface area (Å²) in [6.45, 7) is 0.495. The molecule has 1 aliphatic heterocycles. The Hall–Kier alpha value is -2.72. The molecule has 0 radical (unpaired) electrons. The fourth-order valence-electron chi connectivity index (χ4n) is 2.79. The van der Waals surface area contributed by atoms with Gasteiger partial charge in [-0.25, -0.2) is 9.59 Å². The Morgan fingerprint density at radius 3 is 2.50 bits per heavy atom. The molecule has 8 nitrogen and oxygen atoms in total. The van der Waals surface area contributed by atoms with Gasteiger partial charge in [0.25, 0.3) is 0 Å². The molecule has 0 unspecified atom stereocenters. The first-order valence-electron chi connectivity index (χ1n) is 7.73. The van der Waals surface area contributed by atoms with Crippen molar-refractivity contribution in [2.75, 3.05) is 25.0 Å². The van der Waals surface area contributed by atoms with Gasteiger partial charge in [-0.1, -0.05) is 0 Å². The summed E-state index contributed by atoms with van der Waals surface area (Å²) in [5.74, 6) is -6.06. The Bertz CT molecular complexity index is 716. The molecule has 0 aromatic carbocycles. The number of aromatic nitrogens is 1. The molecule has 2 N–H and O–H groups in total. The zero-order chi connectivity index (χ0) is 19.6. The van der Waals surface area contributed by atoms with Crippen molar-refractivity contribution >= 4 is 23.7 Å². The van der Waals surface area contributed by atoms with Crippen LogP contribution in [0.2, 0.25) is 0 Å². The Morgan fingerprint density at radius 2 is 2.00 bits per heavy atom. The van der Waals surface area contributed by atoms with Crippen LogP contribution < -0.4 is 5.32 Å². The van der Waals surface area contributed by atoms with Crippen molar-refractivity contribution in [2.24, 2.45) is 18.9 Å². The minimum absolute atomic E-state index is 0.153. The van der Waals surface area contributed by atoms with Gasteiger partial charge in [-0.15, -0.1) is 0 Å². The van der Waals surface area contributed by atoms with Gasteiger partial charge in [-0.2, -0.15) is 13.2 Å². The fraction of sp³-hybridized carbons (Fsp3) is 0.533. The number of aryl methyl sites for hydroxylation is 1. The van der Waals surface area contributed by atoms with Crippen molar-refractivity contribution < 1.29 is 37.4 Å². The van der Waals surface area contributed by atoms with Crippen molar-refractivity contribution in [1.82, 2.24) is 9.47 Å². The number of hydrogen-bond acceptors (Lipinski definition) is 4. The molecule has 0 aliphatic carbocycles. The minimum atomic E-state index is -4.72. The van der Waals surface area contributed by atoms with Crippen LogP contribution in [-0.2, 0) is 16.6 Å². The third kappa shape index (κ3) is 4.09. The summed E-state index contributed by atoms with van der Waals surface area (Å²) in [6, 6.07) is 0.450. The predicted molar refractivity (Wildman–Crippen MR) is 82.6 cm³/mol. The van der Waals surface area contributed by atoms with Gasteiger partial charge in [-0.3, -0.25) is 4.79 Å². The van der Waals surface area contributed by atoms with Gasteiger partial charge in [-0.05, 0) is 13.0 Å². The molecule has 1 aliphatic rings. The van der Waals surface area contributed by atoms with Crippen LogP contribution >= 0.6 is 0 Å². The van der Waals surface area contributed by atoms with Gasteiger partial charge in [0.05, 0.1) is 24.1 Å². The Morgan fingerprint density at radius 1 is 1.35 bits per heavy atom. The maximum absolute atomic E-state index is 13.0. The van der Waals surface area contributed by atoms with E-state index in [-0.39, 0.29) is 18.0 Å². The number of nitrogens with zero attached hydrogens (tertiary/aromatic N) is 2. The Balaban J connectivity index is 2.10. The molecular formula is C15H18F3N3O5. The van der Waals surface area contributed by atoms with Crippen molar-refractivity contribution in [2.45, 2.75) is 13.1 Å². The summed E-state index contributed by atoms with van der Waals surface area (Å²) in [6.07, 6.45) is -3.32. The normalized spacial score (nSPS) is 20.1. The number of nitrogens with one attached hydrogen (secondary N) is 1. The minimum Gasteiger partial charge on any atom is -0.481 e. The molecule has 2 rings (SSSR count). The number of alkyl halides is 3. The van der Waals surface area contributed by atoms with Crippen molar-refractivity contribution in [3.8, 4) is 0 Å². The lowest BCUT2D eigenvalue weighted by atomic mass is 9.96. The third-order valence-corrected chi connectivity index (χ3v) is 4.09. The van der Waals surface area contributed by atoms with Crippen LogP contribution in [0.3, 0.4) is 0 Å². The summed E-state index contributed by atoms with van der Waals surface area (Å²) in [4.78, 5) is 35.8. The molecule has 2 amide bonds. The smallest absolute Gasteiger partial charge is 0.394 e. The van der Waals surface area contributed by atoms with Gasteiger partial charge in [0.2, 0.25) is 0 Å². The van der Waals surface area contributed by atoms with E-state index in [9.17, 15) is 27.6 Å². The van der Waals surface area contributed by atoms with Crippen LogP contribution in [0.25, 0.3) is 0 Å². The molecule has 1 saturated heterocycles. The molecular weight excluding hydrogens is 359 g/mol. The van der Waals surface area contributed by atoms with Crippen LogP contribution in [-0.4, -0.2) is 58.4 Å². The van der Waals surface area contributed by atoms with E-state index in [1.807, 2.05) is 0 Å². The van der Waals surface area contributed by atoms with E-state index in [2.05, 4.69) is 5.32 Å². The quantitative estimate of drug-likeness (QED) is 0.781. The summed E-state index contributed by atoms with van der Waals surface area (Å²) in [7, 11) is 1.54. The zero-order valence-electron chi connectivity index (χ0n) is 14.0. The number of likely N-dealkylation sites (tertiary alicyclic amines) is 1. The van der Waals surface area contributed by atoms with Crippen LogP contribution in [0.1, 0.15) is 17.4 Å². The maximum atomic E-state index is 13.0. The topological polar surface area (TPSA) is 101 Å². The number of amides is 2. The van der Waals surface area contributed by atoms with Gasteiger partial charge in [0, 0.05) is 26.3 Å². The second-order valence-electron chi connectivity index (χ2n) is 5.87. The van der Waals surface area contributed by atoms with E-state index in [1.54, 1.807) is 6.92 Å². The first kappa shape index (κ1) is 19.6. The highest BCUT2D eigenvalue weighted by molar-refractivity contribution is 5.94. The lowest BCUT2D eigenvalue weighted by Crippen LogP contribution is -2.35. The highest BCUT2D eigenvalue weighted by Crippen LogP contribution is 2.37. The van der Waals surface area contributed by atoms with Crippen molar-refractivity contribution in [3.05, 3.63) is 18.0 Å². The number of rotatable bonds is 4. The van der Waals surface area contributed by atoms with Crippen molar-refractivity contribution in [3.63, 3.8) is 0 Å². The molecule has 144 valence electrons. The fourth-order valence-corrected chi connectivity index (χ4v) is 2.79. The second kappa shape index (κ2) is 7.26. The molecule has 0 bridgehead atoms. The zero-order valence-corrected chi connectivity index (χ0v) is 14.0. The first-order chi connectivity index (χ1) is 12.0. The molecule has 11 heteroatoms. The number of hydrogen-bond donors (Lipinski definition) is 2. The van der Waals surface area contributed by atoms with E-state index in [4.69, 9.17) is 9.84 Å². The van der Waals surface area contributed by atoms with E-state index < -0.39 is 49.1 Å². The highest BCUT2D eigenvalue weighted by Gasteiger charge is 2.53. The van der Waals surface area contributed by atoms with Gasteiger partial charge < -0.3 is 24.6 Å². The number of carboxylic acids is 1. The molecule has 26 heavy (non-hydrogen) atoms. The van der Waals surface area contributed by atoms with Gasteiger partial charge in [0.1, 0.15) is 5.69 Å². The van der Waals surface area contributed by atoms with Crippen molar-refractivity contribution in [1.29, 1.82) is 0 Å². The Labute approximate surface area is 146 Å².